The minimum atomic E-state index is -0.299. The molecule has 0 amide bonds. The van der Waals surface area contributed by atoms with Crippen LogP contribution in [0.25, 0.3) is 0 Å². The molecule has 2 aromatic rings. The predicted molar refractivity (Wildman–Crippen MR) is 113 cm³/mol. The quantitative estimate of drug-likeness (QED) is 0.541. The van der Waals surface area contributed by atoms with E-state index in [1.54, 1.807) is 17.6 Å². The third kappa shape index (κ3) is 4.26. The fourth-order valence-corrected chi connectivity index (χ4v) is 5.04. The zero-order valence-corrected chi connectivity index (χ0v) is 17.9. The summed E-state index contributed by atoms with van der Waals surface area (Å²) in [6.45, 7) is 10.8. The van der Waals surface area contributed by atoms with Crippen LogP contribution in [0.15, 0.2) is 29.3 Å². The molecule has 3 rings (SSSR count). The van der Waals surface area contributed by atoms with E-state index in [2.05, 4.69) is 38.0 Å². The average Bonchev–Trinajstić information content (AvgIpc) is 2.92. The van der Waals surface area contributed by atoms with Gasteiger partial charge in [0, 0.05) is 27.2 Å². The van der Waals surface area contributed by atoms with E-state index in [4.69, 9.17) is 16.3 Å². The molecular weight excluding hydrogens is 380 g/mol. The lowest BCUT2D eigenvalue weighted by molar-refractivity contribution is 0.0525. The van der Waals surface area contributed by atoms with Gasteiger partial charge >= 0.3 is 5.97 Å². The molecule has 0 radical (unpaired) electrons. The molecule has 6 heteroatoms. The lowest BCUT2D eigenvalue weighted by Gasteiger charge is -2.42. The van der Waals surface area contributed by atoms with Gasteiger partial charge in [0.2, 0.25) is 0 Å². The first-order chi connectivity index (χ1) is 12.6. The molecule has 1 aliphatic rings. The van der Waals surface area contributed by atoms with Crippen LogP contribution in [-0.2, 0) is 16.7 Å². The number of hydrogen-bond acceptors (Lipinski definition) is 5. The van der Waals surface area contributed by atoms with E-state index in [9.17, 15) is 4.79 Å². The van der Waals surface area contributed by atoms with E-state index in [1.165, 1.54) is 0 Å². The van der Waals surface area contributed by atoms with Crippen molar-refractivity contribution in [2.75, 3.05) is 6.61 Å². The molecule has 144 valence electrons. The molecule has 2 heterocycles. The molecule has 0 saturated carbocycles. The Hall–Kier alpha value is -1.69. The van der Waals surface area contributed by atoms with Gasteiger partial charge in [-0.15, -0.1) is 11.3 Å². The highest BCUT2D eigenvalue weighted by Crippen LogP contribution is 2.46. The number of rotatable bonds is 4. The molecule has 0 unspecified atom stereocenters. The Balaban J connectivity index is 2.09. The summed E-state index contributed by atoms with van der Waals surface area (Å²) in [6.07, 6.45) is 2.52. The number of carbonyl (C=O) groups excluding carboxylic acids is 1. The Bertz CT molecular complexity index is 882. The molecule has 1 aromatic heterocycles. The van der Waals surface area contributed by atoms with Crippen molar-refractivity contribution in [1.82, 2.24) is 5.32 Å². The van der Waals surface area contributed by atoms with E-state index in [-0.39, 0.29) is 17.0 Å². The van der Waals surface area contributed by atoms with Gasteiger partial charge in [0.15, 0.2) is 0 Å². The Labute approximate surface area is 169 Å². The average molecular weight is 405 g/mol. The van der Waals surface area contributed by atoms with Gasteiger partial charge < -0.3 is 10.1 Å². The third-order valence-corrected chi connectivity index (χ3v) is 6.22. The zero-order valence-electron chi connectivity index (χ0n) is 16.4. The van der Waals surface area contributed by atoms with Crippen molar-refractivity contribution in [2.24, 2.45) is 4.99 Å². The smallest absolute Gasteiger partial charge is 0.341 e. The molecule has 0 saturated heterocycles. The lowest BCUT2D eigenvalue weighted by Crippen LogP contribution is -2.55. The van der Waals surface area contributed by atoms with E-state index in [0.717, 1.165) is 22.4 Å². The van der Waals surface area contributed by atoms with Crippen LogP contribution in [0.4, 0.5) is 5.00 Å². The van der Waals surface area contributed by atoms with Gasteiger partial charge in [-0.25, -0.2) is 9.79 Å². The minimum Gasteiger partial charge on any atom is -0.462 e. The minimum absolute atomic E-state index is 0.115. The maximum absolute atomic E-state index is 12.7. The van der Waals surface area contributed by atoms with Gasteiger partial charge in [0.05, 0.1) is 12.2 Å². The topological polar surface area (TPSA) is 50.7 Å². The number of esters is 1. The van der Waals surface area contributed by atoms with Crippen molar-refractivity contribution in [3.05, 3.63) is 50.9 Å². The number of nitrogens with one attached hydrogen (secondary N) is 1. The number of fused-ring (bicyclic) bond motifs is 1. The summed E-state index contributed by atoms with van der Waals surface area (Å²) in [4.78, 5) is 18.5. The largest absolute Gasteiger partial charge is 0.462 e. The van der Waals surface area contributed by atoms with Gasteiger partial charge in [0.25, 0.3) is 0 Å². The maximum Gasteiger partial charge on any atom is 0.341 e. The maximum atomic E-state index is 12.7. The molecule has 0 fully saturated rings. The van der Waals surface area contributed by atoms with Crippen LogP contribution >= 0.6 is 22.9 Å². The van der Waals surface area contributed by atoms with Crippen LogP contribution < -0.4 is 5.32 Å². The fraction of sp³-hybridized carbons (Fsp3) is 0.429. The molecule has 1 N–H and O–H groups in total. The molecule has 0 spiro atoms. The lowest BCUT2D eigenvalue weighted by atomic mass is 9.81. The number of ether oxygens (including phenoxy) is 1. The number of nitrogens with zero attached hydrogens (tertiary/aromatic N) is 1. The van der Waals surface area contributed by atoms with E-state index >= 15 is 0 Å². The van der Waals surface area contributed by atoms with Crippen LogP contribution in [0.2, 0.25) is 5.02 Å². The first-order valence-electron chi connectivity index (χ1n) is 9.05. The second kappa shape index (κ2) is 7.38. The van der Waals surface area contributed by atoms with E-state index in [1.807, 2.05) is 31.2 Å². The van der Waals surface area contributed by atoms with Crippen molar-refractivity contribution in [2.45, 2.75) is 52.1 Å². The summed E-state index contributed by atoms with van der Waals surface area (Å²) in [7, 11) is 0. The number of carbonyl (C=O) groups is 1. The fourth-order valence-electron chi connectivity index (χ4n) is 3.70. The number of thiophene rings is 1. The number of halogens is 1. The summed E-state index contributed by atoms with van der Waals surface area (Å²) in [5.74, 6) is -0.299. The standard InChI is InChI=1S/C21H25ClN2O2S/c1-6-26-19(25)16-15-11-20(2,3)24-21(4,5)17(15)27-18(16)23-12-13-7-9-14(22)10-8-13/h7-10,12,24H,6,11H2,1-5H3. The summed E-state index contributed by atoms with van der Waals surface area (Å²) in [5.41, 5.74) is 2.23. The SMILES string of the molecule is CCOC(=O)c1c(N=Cc2ccc(Cl)cc2)sc2c1CC(C)(C)NC2(C)C. The van der Waals surface area contributed by atoms with Crippen LogP contribution in [-0.4, -0.2) is 24.3 Å². The van der Waals surface area contributed by atoms with Gasteiger partial charge in [0.1, 0.15) is 5.00 Å². The molecule has 0 atom stereocenters. The molecule has 0 bridgehead atoms. The Morgan fingerprint density at radius 3 is 2.59 bits per heavy atom. The van der Waals surface area contributed by atoms with Crippen LogP contribution in [0.5, 0.6) is 0 Å². The molecule has 27 heavy (non-hydrogen) atoms. The number of aliphatic imine (C=N–C) groups is 1. The van der Waals surface area contributed by atoms with Crippen molar-refractivity contribution in [3.63, 3.8) is 0 Å². The second-order valence-corrected chi connectivity index (χ2v) is 9.37. The monoisotopic (exact) mass is 404 g/mol. The van der Waals surface area contributed by atoms with Gasteiger partial charge in [-0.1, -0.05) is 23.7 Å². The van der Waals surface area contributed by atoms with Crippen LogP contribution in [0.1, 0.15) is 61.0 Å². The zero-order chi connectivity index (χ0) is 19.8. The van der Waals surface area contributed by atoms with Crippen molar-refractivity contribution < 1.29 is 9.53 Å². The molecular formula is C21H25ClN2O2S. The number of hydrogen-bond donors (Lipinski definition) is 1. The Morgan fingerprint density at radius 1 is 1.30 bits per heavy atom. The number of benzene rings is 1. The normalized spacial score (nSPS) is 17.7. The van der Waals surface area contributed by atoms with Crippen molar-refractivity contribution >= 4 is 40.1 Å². The summed E-state index contributed by atoms with van der Waals surface area (Å²) in [6, 6.07) is 7.45. The molecule has 1 aromatic carbocycles. The predicted octanol–water partition coefficient (Wildman–Crippen LogP) is 5.49. The van der Waals surface area contributed by atoms with Gasteiger partial charge in [-0.2, -0.15) is 0 Å². The summed E-state index contributed by atoms with van der Waals surface area (Å²) < 4.78 is 5.35. The van der Waals surface area contributed by atoms with Crippen LogP contribution in [0.3, 0.4) is 0 Å². The van der Waals surface area contributed by atoms with Crippen LogP contribution in [0, 0.1) is 0 Å². The highest BCUT2D eigenvalue weighted by molar-refractivity contribution is 7.16. The molecule has 1 aliphatic heterocycles. The summed E-state index contributed by atoms with van der Waals surface area (Å²) >= 11 is 7.51. The van der Waals surface area contributed by atoms with Crippen molar-refractivity contribution in [3.8, 4) is 0 Å². The third-order valence-electron chi connectivity index (χ3n) is 4.51. The van der Waals surface area contributed by atoms with Crippen molar-refractivity contribution in [1.29, 1.82) is 0 Å². The highest BCUT2D eigenvalue weighted by atomic mass is 35.5. The van der Waals surface area contributed by atoms with E-state index in [0.29, 0.717) is 22.2 Å². The van der Waals surface area contributed by atoms with Gasteiger partial charge in [-0.05, 0) is 64.3 Å². The molecule has 4 nitrogen and oxygen atoms in total. The highest BCUT2D eigenvalue weighted by Gasteiger charge is 2.41. The first-order valence-corrected chi connectivity index (χ1v) is 10.2. The summed E-state index contributed by atoms with van der Waals surface area (Å²) in [5, 5.41) is 5.05. The van der Waals surface area contributed by atoms with Gasteiger partial charge in [-0.3, -0.25) is 0 Å². The first kappa shape index (κ1) is 20.1. The van der Waals surface area contributed by atoms with E-state index < -0.39 is 0 Å². The second-order valence-electron chi connectivity index (χ2n) is 7.93. The Kier molecular flexibility index (Phi) is 5.48. The molecule has 0 aliphatic carbocycles. The Morgan fingerprint density at radius 2 is 1.96 bits per heavy atom.